The van der Waals surface area contributed by atoms with Gasteiger partial charge in [0.2, 0.25) is 0 Å². The molecule has 0 bridgehead atoms. The van der Waals surface area contributed by atoms with Crippen molar-refractivity contribution in [3.05, 3.63) is 34.9 Å². The molecule has 0 saturated heterocycles. The van der Waals surface area contributed by atoms with Crippen LogP contribution in [0.25, 0.3) is 0 Å². The fourth-order valence-electron chi connectivity index (χ4n) is 1.04. The second-order valence-electron chi connectivity index (χ2n) is 3.57. The molecule has 0 amide bonds. The summed E-state index contributed by atoms with van der Waals surface area (Å²) in [6.07, 6.45) is 0. The summed E-state index contributed by atoms with van der Waals surface area (Å²) in [5, 5.41) is 0. The Hall–Kier alpha value is -0.502. The molecule has 0 spiro atoms. The van der Waals surface area contributed by atoms with Gasteiger partial charge in [0.25, 0.3) is 0 Å². The number of hydrogen-bond acceptors (Lipinski definition) is 0. The predicted octanol–water partition coefficient (Wildman–Crippen LogP) is 2.11. The van der Waals surface area contributed by atoms with Crippen LogP contribution in [0.5, 0.6) is 0 Å². The molecule has 1 rings (SSSR count). The van der Waals surface area contributed by atoms with E-state index in [-0.39, 0.29) is 5.56 Å². The zero-order valence-electron chi connectivity index (χ0n) is 7.67. The molecule has 1 unspecified atom stereocenters. The molecule has 0 aromatic heterocycles. The minimum atomic E-state index is -1.76. The van der Waals surface area contributed by atoms with Crippen LogP contribution < -0.4 is 0 Å². The molecule has 0 radical (unpaired) electrons. The average Bonchev–Trinajstić information content (AvgIpc) is 2.06. The van der Waals surface area contributed by atoms with Crippen molar-refractivity contribution < 1.29 is 17.6 Å². The third-order valence-corrected chi connectivity index (χ3v) is 2.45. The summed E-state index contributed by atoms with van der Waals surface area (Å²) in [5.74, 6) is -6.17. The van der Waals surface area contributed by atoms with Crippen LogP contribution in [-0.4, -0.2) is 16.9 Å². The van der Waals surface area contributed by atoms with Crippen LogP contribution >= 0.6 is 0 Å². The van der Waals surface area contributed by atoms with E-state index in [1.54, 1.807) is 13.8 Å². The van der Waals surface area contributed by atoms with Crippen molar-refractivity contribution in [3.63, 3.8) is 0 Å². The number of rotatable bonds is 1. The van der Waals surface area contributed by atoms with Crippen LogP contribution in [0.2, 0.25) is 0 Å². The van der Waals surface area contributed by atoms with Crippen LogP contribution in [0, 0.1) is 23.3 Å². The SMILES string of the molecule is CC(C)([AsH2])c1cc(F)c(F)c(F)c1F. The summed E-state index contributed by atoms with van der Waals surface area (Å²) >= 11 is 1.10. The maximum atomic E-state index is 13.2. The van der Waals surface area contributed by atoms with Crippen LogP contribution in [0.4, 0.5) is 17.6 Å². The predicted molar refractivity (Wildman–Crippen MR) is 47.8 cm³/mol. The van der Waals surface area contributed by atoms with Crippen LogP contribution in [0.15, 0.2) is 6.07 Å². The zero-order valence-corrected chi connectivity index (χ0v) is 10.1. The summed E-state index contributed by atoms with van der Waals surface area (Å²) in [6.45, 7) is 3.23. The van der Waals surface area contributed by atoms with E-state index in [0.717, 1.165) is 16.9 Å². The first-order chi connectivity index (χ1) is 6.25. The van der Waals surface area contributed by atoms with Gasteiger partial charge in [0.1, 0.15) is 0 Å². The van der Waals surface area contributed by atoms with E-state index in [1.165, 1.54) is 0 Å². The van der Waals surface area contributed by atoms with Crippen molar-refractivity contribution in [1.82, 2.24) is 0 Å². The standard InChI is InChI=1S/C9H9AsF4/c1-9(2,10)4-3-5(11)7(13)8(14)6(4)12/h3H,10H2,1-2H3. The molecule has 1 aromatic rings. The molecule has 78 valence electrons. The topological polar surface area (TPSA) is 0 Å². The van der Waals surface area contributed by atoms with Crippen molar-refractivity contribution in [2.24, 2.45) is 0 Å². The van der Waals surface area contributed by atoms with Gasteiger partial charge in [0, 0.05) is 0 Å². The van der Waals surface area contributed by atoms with E-state index < -0.39 is 27.5 Å². The molecule has 14 heavy (non-hydrogen) atoms. The van der Waals surface area contributed by atoms with Crippen molar-refractivity contribution >= 4 is 16.9 Å². The van der Waals surface area contributed by atoms with E-state index in [1.807, 2.05) is 0 Å². The molecule has 0 fully saturated rings. The van der Waals surface area contributed by atoms with Crippen molar-refractivity contribution in [1.29, 1.82) is 0 Å². The molecule has 0 aliphatic rings. The molecule has 0 aliphatic heterocycles. The molecule has 0 N–H and O–H groups in total. The molecule has 5 heteroatoms. The van der Waals surface area contributed by atoms with Crippen molar-refractivity contribution in [3.8, 4) is 0 Å². The van der Waals surface area contributed by atoms with Gasteiger partial charge >= 0.3 is 87.4 Å². The Labute approximate surface area is 87.8 Å². The van der Waals surface area contributed by atoms with Crippen molar-refractivity contribution in [2.75, 3.05) is 0 Å². The van der Waals surface area contributed by atoms with E-state index in [2.05, 4.69) is 0 Å². The number of hydrogen-bond donors (Lipinski definition) is 0. The second-order valence-corrected chi connectivity index (χ2v) is 6.60. The number of halogens is 4. The average molecular weight is 268 g/mol. The molecule has 0 nitrogen and oxygen atoms in total. The van der Waals surface area contributed by atoms with Gasteiger partial charge in [0.05, 0.1) is 0 Å². The van der Waals surface area contributed by atoms with E-state index in [0.29, 0.717) is 6.07 Å². The molecule has 1 atom stereocenters. The van der Waals surface area contributed by atoms with E-state index >= 15 is 0 Å². The molecule has 0 heterocycles. The van der Waals surface area contributed by atoms with Crippen LogP contribution in [-0.2, 0) is 4.20 Å². The summed E-state index contributed by atoms with van der Waals surface area (Å²) < 4.78 is 50.6. The normalized spacial score (nSPS) is 11.9. The first kappa shape index (κ1) is 11.6. The van der Waals surface area contributed by atoms with Gasteiger partial charge in [-0.05, 0) is 0 Å². The maximum absolute atomic E-state index is 13.2. The van der Waals surface area contributed by atoms with Crippen LogP contribution in [0.3, 0.4) is 0 Å². The summed E-state index contributed by atoms with van der Waals surface area (Å²) in [7, 11) is 0. The quantitative estimate of drug-likeness (QED) is 0.317. The van der Waals surface area contributed by atoms with E-state index in [9.17, 15) is 17.6 Å². The molecule has 0 saturated carbocycles. The summed E-state index contributed by atoms with van der Waals surface area (Å²) in [5.41, 5.74) is -0.145. The van der Waals surface area contributed by atoms with Gasteiger partial charge in [-0.25, -0.2) is 0 Å². The monoisotopic (exact) mass is 268 g/mol. The second kappa shape index (κ2) is 3.58. The Morgan fingerprint density at radius 3 is 1.93 bits per heavy atom. The molecular formula is C9H9AsF4. The Kier molecular flexibility index (Phi) is 2.96. The van der Waals surface area contributed by atoms with Crippen molar-refractivity contribution in [2.45, 2.75) is 18.1 Å². The first-order valence-corrected chi connectivity index (χ1v) is 5.08. The van der Waals surface area contributed by atoms with E-state index in [4.69, 9.17) is 0 Å². The Bertz CT molecular complexity index is 368. The molecular weight excluding hydrogens is 259 g/mol. The fourth-order valence-corrected chi connectivity index (χ4v) is 1.48. The van der Waals surface area contributed by atoms with Gasteiger partial charge < -0.3 is 0 Å². The number of benzene rings is 1. The fraction of sp³-hybridized carbons (Fsp3) is 0.333. The van der Waals surface area contributed by atoms with Crippen LogP contribution in [0.1, 0.15) is 19.4 Å². The summed E-state index contributed by atoms with van der Waals surface area (Å²) in [6, 6.07) is 0.704. The van der Waals surface area contributed by atoms with Gasteiger partial charge in [-0.2, -0.15) is 0 Å². The third-order valence-electron chi connectivity index (χ3n) is 1.80. The molecule has 1 aromatic carbocycles. The van der Waals surface area contributed by atoms with Gasteiger partial charge in [-0.1, -0.05) is 0 Å². The van der Waals surface area contributed by atoms with Gasteiger partial charge in [-0.15, -0.1) is 0 Å². The third kappa shape index (κ3) is 1.95. The van der Waals surface area contributed by atoms with Gasteiger partial charge in [-0.3, -0.25) is 0 Å². The summed E-state index contributed by atoms with van der Waals surface area (Å²) in [4.78, 5) is 0. The Morgan fingerprint density at radius 1 is 1.00 bits per heavy atom. The first-order valence-electron chi connectivity index (χ1n) is 3.87. The minimum absolute atomic E-state index is 0.145. The Morgan fingerprint density at radius 2 is 1.50 bits per heavy atom. The molecule has 0 aliphatic carbocycles. The van der Waals surface area contributed by atoms with Gasteiger partial charge in [0.15, 0.2) is 0 Å². The zero-order chi connectivity index (χ0) is 11.1. The Balaban J connectivity index is 3.49.